The summed E-state index contributed by atoms with van der Waals surface area (Å²) in [4.78, 5) is 0. The first-order chi connectivity index (χ1) is 17.5. The zero-order chi connectivity index (χ0) is 27.3. The van der Waals surface area contributed by atoms with Crippen LogP contribution in [0.5, 0.6) is 5.75 Å². The molecule has 3 rings (SSSR count). The van der Waals surface area contributed by atoms with E-state index in [1.807, 2.05) is 27.7 Å². The summed E-state index contributed by atoms with van der Waals surface area (Å²) in [6.45, 7) is 18.4. The van der Waals surface area contributed by atoms with E-state index < -0.39 is 5.60 Å². The molecule has 2 aromatic carbocycles. The second-order valence-corrected chi connectivity index (χ2v) is 11.1. The minimum absolute atomic E-state index is 0.0484. The summed E-state index contributed by atoms with van der Waals surface area (Å²) in [6.07, 6.45) is 3.18. The molecule has 1 saturated heterocycles. The van der Waals surface area contributed by atoms with Gasteiger partial charge in [0.1, 0.15) is 24.1 Å². The largest absolute Gasteiger partial charge is 0.491 e. The normalized spacial score (nSPS) is 17.7. The Kier molecular flexibility index (Phi) is 9.51. The predicted molar refractivity (Wildman–Crippen MR) is 151 cm³/mol. The van der Waals surface area contributed by atoms with Crippen molar-refractivity contribution in [3.05, 3.63) is 64.2 Å². The van der Waals surface area contributed by atoms with Crippen LogP contribution >= 0.6 is 0 Å². The summed E-state index contributed by atoms with van der Waals surface area (Å²) < 4.78 is 17.9. The number of hydrogen-bond donors (Lipinski definition) is 1. The molecule has 4 heteroatoms. The van der Waals surface area contributed by atoms with E-state index in [1.165, 1.54) is 11.1 Å². The quantitative estimate of drug-likeness (QED) is 0.377. The second kappa shape index (κ2) is 12.0. The SMILES string of the molecule is CCC(O)(C#Cc1ccc(C(CC)(CC)c2ccc(OCC3COC(C)(C)CO3)c(C)c2)cc1C)CC. The van der Waals surface area contributed by atoms with Crippen molar-refractivity contribution in [3.63, 3.8) is 0 Å². The van der Waals surface area contributed by atoms with Crippen molar-refractivity contribution in [2.45, 2.75) is 104 Å². The van der Waals surface area contributed by atoms with E-state index in [0.717, 1.165) is 35.3 Å². The molecular weight excluding hydrogens is 460 g/mol. The second-order valence-electron chi connectivity index (χ2n) is 11.1. The summed E-state index contributed by atoms with van der Waals surface area (Å²) in [6, 6.07) is 13.2. The van der Waals surface area contributed by atoms with Gasteiger partial charge in [-0.2, -0.15) is 0 Å². The molecular formula is C33H46O4. The smallest absolute Gasteiger partial charge is 0.125 e. The molecule has 0 aromatic heterocycles. The molecule has 0 spiro atoms. The van der Waals surface area contributed by atoms with Gasteiger partial charge < -0.3 is 19.3 Å². The van der Waals surface area contributed by atoms with Gasteiger partial charge in [-0.3, -0.25) is 0 Å². The van der Waals surface area contributed by atoms with Crippen LogP contribution in [0.25, 0.3) is 0 Å². The van der Waals surface area contributed by atoms with Gasteiger partial charge in [-0.25, -0.2) is 0 Å². The number of hydrogen-bond acceptors (Lipinski definition) is 4. The predicted octanol–water partition coefficient (Wildman–Crippen LogP) is 6.88. The van der Waals surface area contributed by atoms with Crippen molar-refractivity contribution < 1.29 is 19.3 Å². The molecule has 0 saturated carbocycles. The highest BCUT2D eigenvalue weighted by Crippen LogP contribution is 2.41. The lowest BCUT2D eigenvalue weighted by molar-refractivity contribution is -0.181. The highest BCUT2D eigenvalue weighted by atomic mass is 16.6. The number of rotatable bonds is 9. The van der Waals surface area contributed by atoms with Crippen LogP contribution in [0.2, 0.25) is 0 Å². The molecule has 0 bridgehead atoms. The van der Waals surface area contributed by atoms with Crippen molar-refractivity contribution in [3.8, 4) is 17.6 Å². The number of aryl methyl sites for hydroxylation is 2. The van der Waals surface area contributed by atoms with Gasteiger partial charge >= 0.3 is 0 Å². The molecule has 0 aliphatic carbocycles. The lowest BCUT2D eigenvalue weighted by Gasteiger charge is -2.35. The van der Waals surface area contributed by atoms with Crippen molar-refractivity contribution in [1.82, 2.24) is 0 Å². The molecule has 1 atom stereocenters. The monoisotopic (exact) mass is 506 g/mol. The molecule has 1 N–H and O–H groups in total. The zero-order valence-electron chi connectivity index (χ0n) is 24.2. The molecule has 37 heavy (non-hydrogen) atoms. The van der Waals surface area contributed by atoms with E-state index in [0.29, 0.717) is 32.7 Å². The van der Waals surface area contributed by atoms with E-state index in [2.05, 4.69) is 75.9 Å². The third-order valence-corrected chi connectivity index (χ3v) is 8.06. The molecule has 4 nitrogen and oxygen atoms in total. The molecule has 1 aliphatic heterocycles. The number of ether oxygens (including phenoxy) is 3. The maximum absolute atomic E-state index is 10.6. The van der Waals surface area contributed by atoms with Crippen LogP contribution in [0.4, 0.5) is 0 Å². The Morgan fingerprint density at radius 3 is 2.08 bits per heavy atom. The summed E-state index contributed by atoms with van der Waals surface area (Å²) >= 11 is 0. The number of aliphatic hydroxyl groups is 1. The maximum atomic E-state index is 10.6. The van der Waals surface area contributed by atoms with Crippen molar-refractivity contribution in [2.24, 2.45) is 0 Å². The van der Waals surface area contributed by atoms with Crippen LogP contribution < -0.4 is 4.74 Å². The molecule has 202 valence electrons. The Labute approximate surface area is 224 Å². The molecule has 2 aromatic rings. The van der Waals surface area contributed by atoms with Crippen LogP contribution in [0.3, 0.4) is 0 Å². The molecule has 0 radical (unpaired) electrons. The van der Waals surface area contributed by atoms with Gasteiger partial charge in [0.25, 0.3) is 0 Å². The minimum atomic E-state index is -0.921. The molecule has 0 amide bonds. The van der Waals surface area contributed by atoms with Gasteiger partial charge in [0, 0.05) is 11.0 Å². The van der Waals surface area contributed by atoms with E-state index in [1.54, 1.807) is 0 Å². The Morgan fingerprint density at radius 2 is 1.57 bits per heavy atom. The lowest BCUT2D eigenvalue weighted by atomic mass is 9.70. The lowest BCUT2D eigenvalue weighted by Crippen LogP contribution is -2.44. The fourth-order valence-corrected chi connectivity index (χ4v) is 5.06. The van der Waals surface area contributed by atoms with E-state index in [4.69, 9.17) is 14.2 Å². The van der Waals surface area contributed by atoms with Crippen LogP contribution in [0.1, 0.15) is 95.0 Å². The Hall–Kier alpha value is -2.32. The van der Waals surface area contributed by atoms with Gasteiger partial charge in [0.2, 0.25) is 0 Å². The third-order valence-electron chi connectivity index (χ3n) is 8.06. The van der Waals surface area contributed by atoms with Gasteiger partial charge in [0.15, 0.2) is 0 Å². The molecule has 1 aliphatic rings. The standard InChI is InChI=1S/C33H46O4/c1-9-32(34,10-2)18-17-26-13-14-27(19-24(26)5)33(11-3,12-4)28-15-16-30(25(6)20-28)35-21-29-22-37-31(7,8)23-36-29/h13-16,19-20,29,34H,9-12,21-23H2,1-8H3. The number of benzene rings is 2. The zero-order valence-corrected chi connectivity index (χ0v) is 24.2. The molecule has 1 unspecified atom stereocenters. The first-order valence-electron chi connectivity index (χ1n) is 13.9. The van der Waals surface area contributed by atoms with Crippen LogP contribution in [0, 0.1) is 25.7 Å². The van der Waals surface area contributed by atoms with Crippen LogP contribution in [-0.4, -0.2) is 42.2 Å². The average Bonchev–Trinajstić information content (AvgIpc) is 2.89. The van der Waals surface area contributed by atoms with E-state index in [-0.39, 0.29) is 17.1 Å². The fraction of sp³-hybridized carbons (Fsp3) is 0.576. The topological polar surface area (TPSA) is 47.9 Å². The van der Waals surface area contributed by atoms with Crippen molar-refractivity contribution in [2.75, 3.05) is 19.8 Å². The van der Waals surface area contributed by atoms with Crippen LogP contribution in [0.15, 0.2) is 36.4 Å². The Morgan fingerprint density at radius 1 is 0.946 bits per heavy atom. The third kappa shape index (κ3) is 6.77. The van der Waals surface area contributed by atoms with E-state index >= 15 is 0 Å². The summed E-state index contributed by atoms with van der Waals surface area (Å²) in [5, 5.41) is 10.6. The minimum Gasteiger partial charge on any atom is -0.491 e. The summed E-state index contributed by atoms with van der Waals surface area (Å²) in [7, 11) is 0. The molecule has 1 heterocycles. The van der Waals surface area contributed by atoms with Crippen molar-refractivity contribution >= 4 is 0 Å². The maximum Gasteiger partial charge on any atom is 0.125 e. The first-order valence-corrected chi connectivity index (χ1v) is 13.9. The highest BCUT2D eigenvalue weighted by Gasteiger charge is 2.32. The van der Waals surface area contributed by atoms with Gasteiger partial charge in [0.05, 0.1) is 18.8 Å². The Balaban J connectivity index is 1.82. The molecule has 1 fully saturated rings. The van der Waals surface area contributed by atoms with Gasteiger partial charge in [-0.15, -0.1) is 0 Å². The summed E-state index contributed by atoms with van der Waals surface area (Å²) in [5.74, 6) is 7.22. The van der Waals surface area contributed by atoms with Crippen LogP contribution in [-0.2, 0) is 14.9 Å². The average molecular weight is 507 g/mol. The first kappa shape index (κ1) is 29.2. The van der Waals surface area contributed by atoms with Gasteiger partial charge in [-0.1, -0.05) is 63.8 Å². The van der Waals surface area contributed by atoms with Gasteiger partial charge in [-0.05, 0) is 87.8 Å². The highest BCUT2D eigenvalue weighted by molar-refractivity contribution is 5.50. The fourth-order valence-electron chi connectivity index (χ4n) is 5.06. The summed E-state index contributed by atoms with van der Waals surface area (Å²) in [5.41, 5.74) is 4.59. The Bertz CT molecular complexity index is 1100. The van der Waals surface area contributed by atoms with Crippen molar-refractivity contribution in [1.29, 1.82) is 0 Å². The van der Waals surface area contributed by atoms with E-state index in [9.17, 15) is 5.11 Å².